The Labute approximate surface area is 791 Å². The molecule has 29 nitrogen and oxygen atoms in total. The summed E-state index contributed by atoms with van der Waals surface area (Å²) in [6.07, 6.45) is -1.000. The van der Waals surface area contributed by atoms with E-state index >= 15 is 0 Å². The molecule has 29 heteroatoms. The van der Waals surface area contributed by atoms with Crippen LogP contribution >= 0.6 is 0 Å². The normalized spacial score (nSPS) is 18.3. The predicted molar refractivity (Wildman–Crippen MR) is 514 cm³/mol. The van der Waals surface area contributed by atoms with Gasteiger partial charge in [-0.3, -0.25) is 52.7 Å². The van der Waals surface area contributed by atoms with E-state index in [1.54, 1.807) is 55.4 Å². The Morgan fingerprint density at radius 1 is 0.376 bits per heavy atom. The molecular weight excluding hydrogens is 1700 g/mol. The van der Waals surface area contributed by atoms with Crippen LogP contribution in [0.25, 0.3) is 0 Å². The minimum absolute atomic E-state index is 0.0104. The number of esters is 2. The monoisotopic (exact) mass is 1870 g/mol. The minimum atomic E-state index is -1.15. The lowest BCUT2D eigenvalue weighted by Crippen LogP contribution is -2.57. The number of likely N-dealkylation sites (tertiary alicyclic amines) is 2. The number of carbonyl (C=O) groups excluding carboxylic acids is 13. The second-order valence-electron chi connectivity index (χ2n) is 42.1. The molecule has 1 saturated carbocycles. The van der Waals surface area contributed by atoms with Gasteiger partial charge in [-0.25, -0.2) is 9.59 Å². The Morgan fingerprint density at radius 2 is 0.722 bits per heavy atom. The summed E-state index contributed by atoms with van der Waals surface area (Å²) in [5.41, 5.74) is 11.3. The van der Waals surface area contributed by atoms with Crippen molar-refractivity contribution in [2.24, 2.45) is 73.0 Å². The Hall–Kier alpha value is -9.33. The van der Waals surface area contributed by atoms with Crippen molar-refractivity contribution >= 4 is 76.4 Å². The molecule has 133 heavy (non-hydrogen) atoms. The van der Waals surface area contributed by atoms with Gasteiger partial charge >= 0.3 is 24.1 Å². The van der Waals surface area contributed by atoms with Crippen LogP contribution in [-0.2, 0) is 98.1 Å². The summed E-state index contributed by atoms with van der Waals surface area (Å²) in [5.74, 6) is -3.54. The van der Waals surface area contributed by atoms with Crippen LogP contribution in [0.3, 0.4) is 0 Å². The first-order valence-electron chi connectivity index (χ1n) is 46.5. The van der Waals surface area contributed by atoms with E-state index in [2.05, 4.69) is 10.6 Å². The quantitative estimate of drug-likeness (QED) is 0.0171. The third-order valence-electron chi connectivity index (χ3n) is 22.5. The smallest absolute Gasteiger partial charge is 0.408 e. The van der Waals surface area contributed by atoms with Crippen LogP contribution in [0.5, 0.6) is 0 Å². The maximum atomic E-state index is 13.3. The van der Waals surface area contributed by atoms with Crippen molar-refractivity contribution < 1.29 is 112 Å². The van der Waals surface area contributed by atoms with Crippen molar-refractivity contribution in [2.45, 2.75) is 357 Å². The fourth-order valence-electron chi connectivity index (χ4n) is 14.2. The molecule has 2 heterocycles. The highest BCUT2D eigenvalue weighted by atomic mass is 16.6. The summed E-state index contributed by atoms with van der Waals surface area (Å²) in [5, 5.41) is 62.9. The van der Waals surface area contributed by atoms with Gasteiger partial charge in [0.15, 0.2) is 23.1 Å². The molecular formula is C104H164N6O23. The highest BCUT2D eigenvalue weighted by molar-refractivity contribution is 5.98. The van der Waals surface area contributed by atoms with Crippen molar-refractivity contribution in [1.29, 1.82) is 0 Å². The van der Waals surface area contributed by atoms with Gasteiger partial charge in [0.2, 0.25) is 11.8 Å². The Balaban J connectivity index is 0.000000800. The largest absolute Gasteiger partial charge is 0.461 e. The summed E-state index contributed by atoms with van der Waals surface area (Å²) in [4.78, 5) is 162. The number of hydrogen-bond donors (Lipinski definition) is 10. The van der Waals surface area contributed by atoms with Crippen molar-refractivity contribution in [3.05, 3.63) is 144 Å². The topological polar surface area (TPSA) is 463 Å². The number of rotatable bonds is 30. The number of benzene rings is 4. The Morgan fingerprint density at radius 3 is 1.03 bits per heavy atom. The number of ketones is 7. The highest BCUT2D eigenvalue weighted by Gasteiger charge is 2.47. The molecule has 3 fully saturated rings. The zero-order valence-electron chi connectivity index (χ0n) is 84.8. The molecule has 3 aliphatic rings. The number of nitrogens with zero attached hydrogens (tertiary/aromatic N) is 2. The van der Waals surface area contributed by atoms with Crippen molar-refractivity contribution in [3.63, 3.8) is 0 Å². The molecule has 4 aromatic rings. The average molecular weight is 1870 g/mol. The number of ether oxygens (including phenoxy) is 4. The van der Waals surface area contributed by atoms with Crippen LogP contribution in [0.2, 0.25) is 0 Å². The third kappa shape index (κ3) is 43.9. The van der Waals surface area contributed by atoms with Crippen LogP contribution in [0.1, 0.15) is 280 Å². The molecule has 0 radical (unpaired) electrons. The number of hydrogen-bond acceptors (Lipinski definition) is 25. The summed E-state index contributed by atoms with van der Waals surface area (Å²) in [6.45, 7) is 51.4. The minimum Gasteiger partial charge on any atom is -0.461 e. The molecule has 0 aromatic heterocycles. The number of Topliss-reactive ketones (excluding diaryl/α,β-unsaturated/α-hetero) is 7. The number of aliphatic hydroxyl groups excluding tert-OH is 6. The lowest BCUT2D eigenvalue weighted by molar-refractivity contribution is -0.154. The first kappa shape index (κ1) is 122. The van der Waals surface area contributed by atoms with E-state index in [9.17, 15) is 82.8 Å². The molecule has 748 valence electrons. The standard InChI is InChI=1S/C23H34N2O5.C22H31NO5.C17H24O4.C13H24N2O3.C12H16O2.C9H18O2.C8H17NO2/c1-5-10-18(26)19(24-22(29)30-15-16-11-7-6-8-12-16)21(28)25-14-9-13-17(25)20(27)23(2,3)4;1-14(24)18(23-21(27)28-13-15-9-6-5-7-10-15)19(25)16-11-8-12-17(16)20(26)22(2,3)4;1-12(18)14(16(20)17(2,3)4)10-15(19)21-11-13-8-6-5-7-9-13;1-8(16)10(14)12(18)15-7-5-6-9(15)11(17)13(2,3)4;1-12(2,3)11(13)14-9-10-7-5-4-6-8-10;1-6(7(2)10)8(11)9(3,4)5;1-5(10)6(9)7(11)8(2,3)4/h6-8,11-12,17-19,26H,5,9-10,13-15H2,1-4H3,(H,24,29);5-7,9-10,14,16-18,24H,8,11-13H2,1-4H3,(H,23,27);5-9,12,14,18H,10-11H2,1-4H3;8-10,16H,5-7,14H2,1-4H3;4-8H,9H2,1-3H3;6-7,10H,1-5H3;5-6,10H,9H2,1-4H3. The van der Waals surface area contributed by atoms with Crippen LogP contribution in [0.4, 0.5) is 9.59 Å². The van der Waals surface area contributed by atoms with Crippen molar-refractivity contribution in [1.82, 2.24) is 20.4 Å². The van der Waals surface area contributed by atoms with Crippen LogP contribution in [0.15, 0.2) is 121 Å². The lowest BCUT2D eigenvalue weighted by Gasteiger charge is -2.33. The third-order valence-corrected chi connectivity index (χ3v) is 22.5. The fraction of sp³-hybridized carbons (Fsp3) is 0.644. The van der Waals surface area contributed by atoms with Gasteiger partial charge in [0, 0.05) is 63.3 Å². The van der Waals surface area contributed by atoms with E-state index in [1.807, 2.05) is 232 Å². The predicted octanol–water partition coefficient (Wildman–Crippen LogP) is 14.0. The van der Waals surface area contributed by atoms with E-state index in [-0.39, 0.29) is 102 Å². The zero-order valence-corrected chi connectivity index (χ0v) is 84.8. The highest BCUT2D eigenvalue weighted by Crippen LogP contribution is 2.39. The molecule has 4 aromatic carbocycles. The molecule has 0 bridgehead atoms. The molecule has 16 unspecified atom stereocenters. The van der Waals surface area contributed by atoms with Gasteiger partial charge in [-0.1, -0.05) is 273 Å². The SMILES string of the molecule is CC(C)(C)C(=O)OCc1ccccc1.CC(O)C(C)C(=O)C(C)(C)C.CC(O)C(CC(=O)OCc1ccccc1)C(=O)C(C)(C)C.CC(O)C(N)C(=O)C(C)(C)C.CC(O)C(N)C(=O)N1CCCC1C(=O)C(C)(C)C.CC(O)C(NC(=O)OCc1ccccc1)C(=O)C1CCCC1C(=O)C(C)(C)C.CCCC(O)C(NC(=O)OCc1ccccc1)C(=O)N1CCCC1C(=O)C(C)(C)C. The van der Waals surface area contributed by atoms with Gasteiger partial charge in [-0.05, 0) is 123 Å². The number of alkyl carbamates (subject to hydrolysis) is 2. The molecule has 1 aliphatic carbocycles. The van der Waals surface area contributed by atoms with Gasteiger partial charge in [0.05, 0.1) is 72.5 Å². The van der Waals surface area contributed by atoms with E-state index in [1.165, 1.54) is 37.5 Å². The van der Waals surface area contributed by atoms with Crippen LogP contribution in [0, 0.1) is 61.6 Å². The molecule has 12 N–H and O–H groups in total. The molecule has 2 aliphatic heterocycles. The Kier molecular flexibility index (Phi) is 51.5. The first-order chi connectivity index (χ1) is 61.2. The van der Waals surface area contributed by atoms with Gasteiger partial charge in [-0.15, -0.1) is 0 Å². The summed E-state index contributed by atoms with van der Waals surface area (Å²) in [6, 6.07) is 32.6. The van der Waals surface area contributed by atoms with Crippen LogP contribution < -0.4 is 22.1 Å². The summed E-state index contributed by atoms with van der Waals surface area (Å²) >= 11 is 0. The second-order valence-corrected chi connectivity index (χ2v) is 42.1. The number of nitrogens with one attached hydrogen (secondary N) is 2. The number of nitrogens with two attached hydrogens (primary N) is 2. The van der Waals surface area contributed by atoms with Gasteiger partial charge < -0.3 is 81.5 Å². The number of carbonyl (C=O) groups is 13. The van der Waals surface area contributed by atoms with E-state index in [0.717, 1.165) is 35.1 Å². The molecule has 4 amide bonds. The van der Waals surface area contributed by atoms with Crippen molar-refractivity contribution in [3.8, 4) is 0 Å². The molecule has 0 spiro atoms. The average Bonchev–Trinajstić information content (AvgIpc) is 1.69. The summed E-state index contributed by atoms with van der Waals surface area (Å²) in [7, 11) is 0. The lowest BCUT2D eigenvalue weighted by atomic mass is 9.76. The zero-order chi connectivity index (χ0) is 102. The second kappa shape index (κ2) is 56.3. The van der Waals surface area contributed by atoms with E-state index < -0.39 is 135 Å². The molecule has 2 saturated heterocycles. The van der Waals surface area contributed by atoms with Gasteiger partial charge in [0.1, 0.15) is 61.9 Å². The number of aliphatic hydroxyl groups is 6. The first-order valence-corrected chi connectivity index (χ1v) is 46.5. The van der Waals surface area contributed by atoms with Gasteiger partial charge in [-0.2, -0.15) is 0 Å². The maximum Gasteiger partial charge on any atom is 0.408 e. The summed E-state index contributed by atoms with van der Waals surface area (Å²) < 4.78 is 20.7. The van der Waals surface area contributed by atoms with E-state index in [4.69, 9.17) is 40.6 Å². The fourth-order valence-corrected chi connectivity index (χ4v) is 14.2. The maximum absolute atomic E-state index is 13.3. The Bertz CT molecular complexity index is 4220. The van der Waals surface area contributed by atoms with E-state index in [0.29, 0.717) is 64.6 Å². The van der Waals surface area contributed by atoms with Crippen LogP contribution in [-0.4, -0.2) is 203 Å². The van der Waals surface area contributed by atoms with Crippen molar-refractivity contribution in [2.75, 3.05) is 13.1 Å². The molecule has 7 rings (SSSR count). The molecule has 16 atom stereocenters. The number of amides is 4. The van der Waals surface area contributed by atoms with Gasteiger partial charge in [0.25, 0.3) is 0 Å².